The lowest BCUT2D eigenvalue weighted by Gasteiger charge is -2.22. The van der Waals surface area contributed by atoms with Crippen molar-refractivity contribution in [3.8, 4) is 5.69 Å². The minimum atomic E-state index is -1.45. The van der Waals surface area contributed by atoms with Crippen molar-refractivity contribution in [2.24, 2.45) is 11.1 Å². The molecule has 30 heavy (non-hydrogen) atoms. The van der Waals surface area contributed by atoms with Gasteiger partial charge in [-0.3, -0.25) is 4.79 Å². The monoisotopic (exact) mass is 414 g/mol. The van der Waals surface area contributed by atoms with Gasteiger partial charge in [-0.05, 0) is 35.7 Å². The van der Waals surface area contributed by atoms with Gasteiger partial charge in [0.2, 0.25) is 5.43 Å². The molecule has 2 aromatic heterocycles. The Bertz CT molecular complexity index is 1220. The van der Waals surface area contributed by atoms with Crippen LogP contribution in [0.15, 0.2) is 41.3 Å². The molecule has 9 heteroatoms. The van der Waals surface area contributed by atoms with Crippen molar-refractivity contribution >= 4 is 22.8 Å². The number of rotatable bonds is 3. The lowest BCUT2D eigenvalue weighted by Crippen LogP contribution is -2.35. The van der Waals surface area contributed by atoms with E-state index in [-0.39, 0.29) is 28.3 Å². The largest absolute Gasteiger partial charge is 0.477 e. The van der Waals surface area contributed by atoms with Gasteiger partial charge in [-0.2, -0.15) is 0 Å². The number of carboxylic acid groups (broad SMARTS) is 1. The predicted octanol–water partition coefficient (Wildman–Crippen LogP) is 2.54. The van der Waals surface area contributed by atoms with Gasteiger partial charge in [-0.15, -0.1) is 0 Å². The molecule has 1 aromatic carbocycles. The SMILES string of the molecule is CC1(C)CN(c2nc3c(cc2F)c(=O)c(C(=O)O)cn3-c2ccc(F)cc2)C[C@@H]1N. The fourth-order valence-corrected chi connectivity index (χ4v) is 3.71. The maximum Gasteiger partial charge on any atom is 0.341 e. The van der Waals surface area contributed by atoms with Crippen LogP contribution >= 0.6 is 0 Å². The maximum absolute atomic E-state index is 15.0. The highest BCUT2D eigenvalue weighted by atomic mass is 19.1. The van der Waals surface area contributed by atoms with Gasteiger partial charge in [0.1, 0.15) is 11.4 Å². The third-order valence-electron chi connectivity index (χ3n) is 5.57. The second-order valence-corrected chi connectivity index (χ2v) is 8.16. The van der Waals surface area contributed by atoms with Gasteiger partial charge < -0.3 is 20.3 Å². The van der Waals surface area contributed by atoms with Crippen LogP contribution < -0.4 is 16.1 Å². The van der Waals surface area contributed by atoms with Crippen LogP contribution in [-0.4, -0.2) is 39.8 Å². The highest BCUT2D eigenvalue weighted by Crippen LogP contribution is 2.33. The number of anilines is 1. The molecule has 1 fully saturated rings. The number of pyridine rings is 2. The molecule has 7 nitrogen and oxygen atoms in total. The molecule has 1 aliphatic rings. The van der Waals surface area contributed by atoms with E-state index in [1.807, 2.05) is 13.8 Å². The lowest BCUT2D eigenvalue weighted by atomic mass is 9.89. The Morgan fingerprint density at radius 1 is 1.27 bits per heavy atom. The van der Waals surface area contributed by atoms with Crippen LogP contribution in [0.4, 0.5) is 14.6 Å². The summed E-state index contributed by atoms with van der Waals surface area (Å²) in [6, 6.07) is 6.05. The fraction of sp³-hybridized carbons (Fsp3) is 0.286. The zero-order valence-electron chi connectivity index (χ0n) is 16.4. The quantitative estimate of drug-likeness (QED) is 0.683. The van der Waals surface area contributed by atoms with Crippen molar-refractivity contribution in [3.05, 3.63) is 63.9 Å². The summed E-state index contributed by atoms with van der Waals surface area (Å²) in [6.07, 6.45) is 1.12. The Labute approximate surface area is 170 Å². The van der Waals surface area contributed by atoms with Crippen LogP contribution in [-0.2, 0) is 0 Å². The number of carboxylic acids is 1. The van der Waals surface area contributed by atoms with Gasteiger partial charge in [0.05, 0.1) is 5.39 Å². The third kappa shape index (κ3) is 3.21. The summed E-state index contributed by atoms with van der Waals surface area (Å²) < 4.78 is 29.7. The van der Waals surface area contributed by atoms with Gasteiger partial charge in [0.15, 0.2) is 17.3 Å². The van der Waals surface area contributed by atoms with E-state index in [0.29, 0.717) is 18.8 Å². The number of benzene rings is 1. The molecule has 156 valence electrons. The summed E-state index contributed by atoms with van der Waals surface area (Å²) >= 11 is 0. The molecular weight excluding hydrogens is 394 g/mol. The average Bonchev–Trinajstić information content (AvgIpc) is 2.95. The molecule has 0 amide bonds. The molecule has 1 aliphatic heterocycles. The van der Waals surface area contributed by atoms with Gasteiger partial charge in [-0.25, -0.2) is 18.6 Å². The summed E-state index contributed by atoms with van der Waals surface area (Å²) in [5.41, 5.74) is 4.99. The number of fused-ring (bicyclic) bond motifs is 1. The molecule has 1 atom stereocenters. The fourth-order valence-electron chi connectivity index (χ4n) is 3.71. The molecule has 0 aliphatic carbocycles. The third-order valence-corrected chi connectivity index (χ3v) is 5.57. The van der Waals surface area contributed by atoms with E-state index in [4.69, 9.17) is 5.73 Å². The van der Waals surface area contributed by atoms with Crippen LogP contribution in [0.5, 0.6) is 0 Å². The Balaban J connectivity index is 1.99. The molecule has 0 bridgehead atoms. The first kappa shape index (κ1) is 20.0. The molecule has 0 spiro atoms. The van der Waals surface area contributed by atoms with Crippen LogP contribution in [0, 0.1) is 17.0 Å². The second kappa shape index (κ2) is 6.88. The van der Waals surface area contributed by atoms with Crippen molar-refractivity contribution in [1.29, 1.82) is 0 Å². The van der Waals surface area contributed by atoms with Crippen LogP contribution in [0.2, 0.25) is 0 Å². The van der Waals surface area contributed by atoms with Crippen LogP contribution in [0.1, 0.15) is 24.2 Å². The molecule has 0 unspecified atom stereocenters. The minimum absolute atomic E-state index is 0.0295. The highest BCUT2D eigenvalue weighted by molar-refractivity contribution is 5.92. The normalized spacial score (nSPS) is 18.2. The van der Waals surface area contributed by atoms with E-state index >= 15 is 0 Å². The Kier molecular flexibility index (Phi) is 4.58. The smallest absolute Gasteiger partial charge is 0.341 e. The van der Waals surface area contributed by atoms with Crippen molar-refractivity contribution in [2.75, 3.05) is 18.0 Å². The van der Waals surface area contributed by atoms with E-state index in [9.17, 15) is 23.5 Å². The first-order valence-electron chi connectivity index (χ1n) is 9.34. The van der Waals surface area contributed by atoms with Gasteiger partial charge in [0.25, 0.3) is 0 Å². The molecule has 3 heterocycles. The summed E-state index contributed by atoms with van der Waals surface area (Å²) in [4.78, 5) is 30.3. The number of hydrogen-bond acceptors (Lipinski definition) is 5. The van der Waals surface area contributed by atoms with Crippen LogP contribution in [0.3, 0.4) is 0 Å². The molecule has 3 aromatic rings. The number of carbonyl (C=O) groups is 1. The van der Waals surface area contributed by atoms with E-state index in [0.717, 1.165) is 12.3 Å². The Hall–Kier alpha value is -3.33. The summed E-state index contributed by atoms with van der Waals surface area (Å²) in [7, 11) is 0. The van der Waals surface area contributed by atoms with E-state index in [2.05, 4.69) is 4.98 Å². The molecule has 4 rings (SSSR count). The second-order valence-electron chi connectivity index (χ2n) is 8.16. The average molecular weight is 414 g/mol. The Morgan fingerprint density at radius 2 is 1.93 bits per heavy atom. The number of hydrogen-bond donors (Lipinski definition) is 2. The van der Waals surface area contributed by atoms with Crippen molar-refractivity contribution in [1.82, 2.24) is 9.55 Å². The Morgan fingerprint density at radius 3 is 2.50 bits per heavy atom. The van der Waals surface area contributed by atoms with Gasteiger partial charge >= 0.3 is 5.97 Å². The van der Waals surface area contributed by atoms with Crippen molar-refractivity contribution in [2.45, 2.75) is 19.9 Å². The van der Waals surface area contributed by atoms with Crippen molar-refractivity contribution in [3.63, 3.8) is 0 Å². The zero-order chi connectivity index (χ0) is 21.8. The topological polar surface area (TPSA) is 101 Å². The first-order chi connectivity index (χ1) is 14.1. The molecule has 0 saturated carbocycles. The number of aromatic nitrogens is 2. The maximum atomic E-state index is 15.0. The number of nitrogens with two attached hydrogens (primary N) is 1. The minimum Gasteiger partial charge on any atom is -0.477 e. The molecule has 0 radical (unpaired) electrons. The predicted molar refractivity (Wildman–Crippen MR) is 108 cm³/mol. The summed E-state index contributed by atoms with van der Waals surface area (Å²) in [5.74, 6) is -2.63. The molecule has 1 saturated heterocycles. The number of aromatic carboxylic acids is 1. The molecular formula is C21H20F2N4O3. The van der Waals surface area contributed by atoms with Crippen LogP contribution in [0.25, 0.3) is 16.7 Å². The van der Waals surface area contributed by atoms with Gasteiger partial charge in [-0.1, -0.05) is 13.8 Å². The number of halogens is 2. The van der Waals surface area contributed by atoms with E-state index < -0.39 is 28.6 Å². The number of nitrogens with zero attached hydrogens (tertiary/aromatic N) is 3. The lowest BCUT2D eigenvalue weighted by molar-refractivity contribution is 0.0695. The van der Waals surface area contributed by atoms with Gasteiger partial charge in [0, 0.05) is 31.0 Å². The zero-order valence-corrected chi connectivity index (χ0v) is 16.4. The van der Waals surface area contributed by atoms with E-state index in [1.165, 1.54) is 28.8 Å². The summed E-state index contributed by atoms with van der Waals surface area (Å²) in [6.45, 7) is 4.81. The summed E-state index contributed by atoms with van der Waals surface area (Å²) in [5, 5.41) is 9.24. The first-order valence-corrected chi connectivity index (χ1v) is 9.34. The molecule has 3 N–H and O–H groups in total. The standard InChI is InChI=1S/C21H20F2N4O3/c1-21(2)10-26(9-16(21)24)19-15(23)7-13-17(28)14(20(29)30)8-27(18(13)25-19)12-5-3-11(22)4-6-12/h3-8,16H,9-10,24H2,1-2H3,(H,29,30)/t16-/m0/s1. The highest BCUT2D eigenvalue weighted by Gasteiger charge is 2.38. The van der Waals surface area contributed by atoms with Crippen molar-refractivity contribution < 1.29 is 18.7 Å². The van der Waals surface area contributed by atoms with E-state index in [1.54, 1.807) is 4.90 Å².